The van der Waals surface area contributed by atoms with E-state index in [-0.39, 0.29) is 22.8 Å². The molecule has 3 unspecified atom stereocenters. The first-order valence-electron chi connectivity index (χ1n) is 8.09. The normalized spacial score (nSPS) is 20.6. The van der Waals surface area contributed by atoms with Crippen LogP contribution in [0.3, 0.4) is 0 Å². The van der Waals surface area contributed by atoms with Gasteiger partial charge >= 0.3 is 6.30 Å². The van der Waals surface area contributed by atoms with Crippen LogP contribution in [-0.4, -0.2) is 38.3 Å². The largest absolute Gasteiger partial charge is 0.755 e. The average molecular weight is 433 g/mol. The number of nitrogens with zero attached hydrogens (tertiary/aromatic N) is 6. The van der Waals surface area contributed by atoms with Crippen molar-refractivity contribution in [3.8, 4) is 0 Å². The molecule has 3 atom stereocenters. The second kappa shape index (κ2) is 7.37. The molecule has 28 heavy (non-hydrogen) atoms. The molecule has 0 spiro atoms. The number of aryl methyl sites for hydroxylation is 1. The van der Waals surface area contributed by atoms with Crippen LogP contribution in [0.25, 0.3) is 0 Å². The maximum Gasteiger partial charge on any atom is 0.495 e. The van der Waals surface area contributed by atoms with E-state index in [9.17, 15) is 21.9 Å². The number of fused-ring (bicyclic) bond motifs is 1. The molecule has 2 aromatic rings. The summed E-state index contributed by atoms with van der Waals surface area (Å²) < 4.78 is 62.4. The Morgan fingerprint density at radius 2 is 1.96 bits per heavy atom. The van der Waals surface area contributed by atoms with Crippen LogP contribution in [0.2, 0.25) is 0 Å². The molecule has 13 heteroatoms. The summed E-state index contributed by atoms with van der Waals surface area (Å²) in [6.07, 6.45) is -5.15. The third-order valence-electron chi connectivity index (χ3n) is 4.69. The Bertz CT molecular complexity index is 948. The van der Waals surface area contributed by atoms with Gasteiger partial charge in [0.2, 0.25) is 0 Å². The summed E-state index contributed by atoms with van der Waals surface area (Å²) >= 11 is -2.48. The SMILES string of the molecule is Cc1nnc(N=Nc2cc3c(cc2N(S(=O)[O-])C(F)(F)F)N(C)C(C)C3C)s1. The zero-order valence-corrected chi connectivity index (χ0v) is 16.9. The highest BCUT2D eigenvalue weighted by atomic mass is 32.2. The maximum absolute atomic E-state index is 13.4. The van der Waals surface area contributed by atoms with Gasteiger partial charge in [-0.2, -0.15) is 0 Å². The van der Waals surface area contributed by atoms with E-state index in [1.807, 2.05) is 13.8 Å². The quantitative estimate of drug-likeness (QED) is 0.406. The predicted molar refractivity (Wildman–Crippen MR) is 99.0 cm³/mol. The Kier molecular flexibility index (Phi) is 5.42. The molecule has 0 amide bonds. The molecule has 1 aromatic carbocycles. The number of hydrogen-bond acceptors (Lipinski definition) is 8. The minimum absolute atomic E-state index is 0.0175. The van der Waals surface area contributed by atoms with Crippen molar-refractivity contribution in [1.82, 2.24) is 10.2 Å². The third-order valence-corrected chi connectivity index (χ3v) is 6.11. The second-order valence-electron chi connectivity index (χ2n) is 6.32. The van der Waals surface area contributed by atoms with Crippen molar-refractivity contribution in [2.24, 2.45) is 10.2 Å². The highest BCUT2D eigenvalue weighted by Crippen LogP contribution is 2.47. The number of azo groups is 1. The van der Waals surface area contributed by atoms with Crippen molar-refractivity contribution in [2.45, 2.75) is 39.0 Å². The van der Waals surface area contributed by atoms with E-state index >= 15 is 0 Å². The van der Waals surface area contributed by atoms with E-state index < -0.39 is 27.6 Å². The first-order chi connectivity index (χ1) is 13.0. The lowest BCUT2D eigenvalue weighted by Crippen LogP contribution is -2.39. The molecule has 0 bridgehead atoms. The summed E-state index contributed by atoms with van der Waals surface area (Å²) in [5, 5.41) is 16.0. The van der Waals surface area contributed by atoms with Crippen LogP contribution in [0.15, 0.2) is 22.4 Å². The minimum atomic E-state index is -5.15. The molecule has 2 heterocycles. The predicted octanol–water partition coefficient (Wildman–Crippen LogP) is 4.32. The van der Waals surface area contributed by atoms with E-state index in [4.69, 9.17) is 0 Å². The van der Waals surface area contributed by atoms with E-state index in [1.165, 1.54) is 12.1 Å². The van der Waals surface area contributed by atoms with Gasteiger partial charge in [-0.05, 0) is 31.5 Å². The molecular formula is C15H16F3N6O2S2-. The monoisotopic (exact) mass is 433 g/mol. The van der Waals surface area contributed by atoms with Crippen LogP contribution in [-0.2, 0) is 11.3 Å². The molecule has 8 nitrogen and oxygen atoms in total. The molecule has 0 saturated carbocycles. The molecule has 0 fully saturated rings. The van der Waals surface area contributed by atoms with Crippen molar-refractivity contribution in [1.29, 1.82) is 0 Å². The van der Waals surface area contributed by atoms with E-state index in [0.717, 1.165) is 16.9 Å². The maximum atomic E-state index is 13.4. The first-order valence-corrected chi connectivity index (χ1v) is 9.94. The van der Waals surface area contributed by atoms with Crippen LogP contribution in [0, 0.1) is 6.92 Å². The van der Waals surface area contributed by atoms with Crippen LogP contribution in [0.4, 0.5) is 35.4 Å². The van der Waals surface area contributed by atoms with Gasteiger partial charge in [-0.15, -0.1) is 33.6 Å². The highest BCUT2D eigenvalue weighted by Gasteiger charge is 2.42. The molecule has 0 aliphatic carbocycles. The molecule has 0 radical (unpaired) electrons. The summed E-state index contributed by atoms with van der Waals surface area (Å²) in [7, 11) is 1.74. The molecule has 152 valence electrons. The molecule has 1 aliphatic rings. The van der Waals surface area contributed by atoms with Crippen molar-refractivity contribution < 1.29 is 21.9 Å². The van der Waals surface area contributed by atoms with Gasteiger partial charge in [0, 0.05) is 24.7 Å². The molecule has 0 saturated heterocycles. The van der Waals surface area contributed by atoms with Gasteiger partial charge in [0.1, 0.15) is 10.7 Å². The number of likely N-dealkylation sites (N-methyl/N-ethyl adjacent to an activating group) is 1. The molecule has 1 aromatic heterocycles. The van der Waals surface area contributed by atoms with E-state index in [1.54, 1.807) is 18.9 Å². The van der Waals surface area contributed by atoms with Crippen LogP contribution in [0.5, 0.6) is 0 Å². The Morgan fingerprint density at radius 3 is 2.50 bits per heavy atom. The summed E-state index contributed by atoms with van der Waals surface area (Å²) in [5.41, 5.74) is 0.431. The van der Waals surface area contributed by atoms with Gasteiger partial charge in [0.05, 0.1) is 17.0 Å². The van der Waals surface area contributed by atoms with Crippen molar-refractivity contribution >= 4 is 44.8 Å². The molecule has 3 rings (SSSR count). The smallest absolute Gasteiger partial charge is 0.495 e. The lowest BCUT2D eigenvalue weighted by Gasteiger charge is -2.29. The van der Waals surface area contributed by atoms with Gasteiger partial charge in [-0.3, -0.25) is 4.21 Å². The minimum Gasteiger partial charge on any atom is -0.755 e. The molecular weight excluding hydrogens is 417 g/mol. The number of halogens is 3. The van der Waals surface area contributed by atoms with Gasteiger partial charge in [0.15, 0.2) is 0 Å². The summed E-state index contributed by atoms with van der Waals surface area (Å²) in [5.74, 6) is 0.0175. The Labute approximate surface area is 165 Å². The Hall–Kier alpha value is -2.12. The fourth-order valence-electron chi connectivity index (χ4n) is 3.03. The zero-order valence-electron chi connectivity index (χ0n) is 15.3. The molecule has 1 aliphatic heterocycles. The van der Waals surface area contributed by atoms with E-state index in [2.05, 4.69) is 20.4 Å². The van der Waals surface area contributed by atoms with Gasteiger partial charge in [0.25, 0.3) is 5.13 Å². The number of hydrogen-bond donors (Lipinski definition) is 0. The number of benzene rings is 1. The van der Waals surface area contributed by atoms with E-state index in [0.29, 0.717) is 10.7 Å². The van der Waals surface area contributed by atoms with Crippen molar-refractivity contribution in [2.75, 3.05) is 16.3 Å². The Morgan fingerprint density at radius 1 is 1.29 bits per heavy atom. The zero-order chi connectivity index (χ0) is 20.8. The lowest BCUT2D eigenvalue weighted by atomic mass is 9.97. The van der Waals surface area contributed by atoms with Crippen LogP contribution in [0.1, 0.15) is 30.3 Å². The van der Waals surface area contributed by atoms with Gasteiger partial charge in [-0.1, -0.05) is 18.3 Å². The standard InChI is InChI=1S/C15H17F3N6O2S2/c1-7-8(2)23(4)12-6-13(24(28(25)26)15(16,17)18)11(5-10(7)12)20-22-14-21-19-9(3)27-14/h5-8H,1-4H3,(H,25,26)/p-1. The number of aromatic nitrogens is 2. The summed E-state index contributed by atoms with van der Waals surface area (Å²) in [6, 6.07) is 2.65. The Balaban J connectivity index is 2.18. The third kappa shape index (κ3) is 3.73. The highest BCUT2D eigenvalue weighted by molar-refractivity contribution is 7.80. The van der Waals surface area contributed by atoms with Gasteiger partial charge < -0.3 is 9.45 Å². The van der Waals surface area contributed by atoms with Crippen LogP contribution < -0.4 is 9.21 Å². The van der Waals surface area contributed by atoms with Crippen molar-refractivity contribution in [3.05, 3.63) is 22.7 Å². The lowest BCUT2D eigenvalue weighted by molar-refractivity contribution is -0.115. The molecule has 0 N–H and O–H groups in total. The average Bonchev–Trinajstić information content (AvgIpc) is 3.09. The summed E-state index contributed by atoms with van der Waals surface area (Å²) in [4.78, 5) is 1.81. The number of anilines is 2. The second-order valence-corrected chi connectivity index (χ2v) is 8.28. The van der Waals surface area contributed by atoms with Crippen molar-refractivity contribution in [3.63, 3.8) is 0 Å². The van der Waals surface area contributed by atoms with Gasteiger partial charge in [-0.25, -0.2) is 4.31 Å². The fourth-order valence-corrected chi connectivity index (χ4v) is 4.02. The summed E-state index contributed by atoms with van der Waals surface area (Å²) in [6.45, 7) is 5.57. The van der Waals surface area contributed by atoms with Crippen LogP contribution >= 0.6 is 11.3 Å². The fraction of sp³-hybridized carbons (Fsp3) is 0.467. The number of alkyl halides is 3. The number of rotatable bonds is 4. The topological polar surface area (TPSA) is 97.1 Å². The first kappa shape index (κ1) is 20.6.